The zero-order valence-electron chi connectivity index (χ0n) is 9.53. The van der Waals surface area contributed by atoms with Gasteiger partial charge in [0.1, 0.15) is 5.41 Å². The maximum atomic E-state index is 11.6. The first kappa shape index (κ1) is 10.1. The molecule has 1 unspecified atom stereocenters. The fraction of sp³-hybridized carbons (Fsp3) is 0.133. The predicted octanol–water partition coefficient (Wildman–Crippen LogP) is 3.21. The minimum atomic E-state index is -0.997. The molecule has 0 amide bonds. The van der Waals surface area contributed by atoms with E-state index in [-0.39, 0.29) is 0 Å². The summed E-state index contributed by atoms with van der Waals surface area (Å²) in [4.78, 5) is 11.6. The van der Waals surface area contributed by atoms with E-state index in [4.69, 9.17) is 0 Å². The van der Waals surface area contributed by atoms with Crippen LogP contribution < -0.4 is 0 Å². The fourth-order valence-electron chi connectivity index (χ4n) is 2.69. The Hall–Kier alpha value is -2.09. The van der Waals surface area contributed by atoms with E-state index >= 15 is 0 Å². The van der Waals surface area contributed by atoms with Crippen LogP contribution in [0.2, 0.25) is 0 Å². The molecule has 3 rings (SSSR count). The summed E-state index contributed by atoms with van der Waals surface area (Å²) in [5, 5.41) is 11.6. The number of hydrogen-bond acceptors (Lipinski definition) is 1. The Morgan fingerprint density at radius 1 is 1.24 bits per heavy atom. The van der Waals surface area contributed by atoms with Crippen LogP contribution in [0.1, 0.15) is 18.1 Å². The van der Waals surface area contributed by atoms with E-state index in [2.05, 4.69) is 6.58 Å². The highest BCUT2D eigenvalue weighted by atomic mass is 16.4. The van der Waals surface area contributed by atoms with Gasteiger partial charge in [-0.25, -0.2) is 0 Å². The van der Waals surface area contributed by atoms with E-state index in [0.29, 0.717) is 5.57 Å². The molecule has 2 heteroatoms. The molecule has 17 heavy (non-hydrogen) atoms. The number of carboxylic acid groups (broad SMARTS) is 1. The Morgan fingerprint density at radius 2 is 1.88 bits per heavy atom. The Labute approximate surface area is 99.2 Å². The number of hydrogen-bond donors (Lipinski definition) is 1. The number of aliphatic carboxylic acids is 1. The summed E-state index contributed by atoms with van der Waals surface area (Å²) in [5.74, 6) is -0.841. The number of rotatable bonds is 1. The summed E-state index contributed by atoms with van der Waals surface area (Å²) >= 11 is 0. The molecule has 2 aromatic rings. The summed E-state index contributed by atoms with van der Waals surface area (Å²) in [7, 11) is 0. The SMILES string of the molecule is C=C1c2cccc3cccc(c23)C1(C)C(=O)O. The topological polar surface area (TPSA) is 37.3 Å². The molecule has 2 aromatic carbocycles. The fourth-order valence-corrected chi connectivity index (χ4v) is 2.69. The number of benzene rings is 2. The van der Waals surface area contributed by atoms with Crippen LogP contribution in [0.4, 0.5) is 0 Å². The van der Waals surface area contributed by atoms with Gasteiger partial charge in [0.25, 0.3) is 0 Å². The van der Waals surface area contributed by atoms with Gasteiger partial charge in [0, 0.05) is 0 Å². The summed E-state index contributed by atoms with van der Waals surface area (Å²) in [5.41, 5.74) is 1.49. The minimum absolute atomic E-state index is 0.678. The lowest BCUT2D eigenvalue weighted by molar-refractivity contribution is -0.140. The summed E-state index contributed by atoms with van der Waals surface area (Å²) < 4.78 is 0. The lowest BCUT2D eigenvalue weighted by Gasteiger charge is -2.21. The van der Waals surface area contributed by atoms with Crippen molar-refractivity contribution in [2.24, 2.45) is 0 Å². The van der Waals surface area contributed by atoms with Crippen LogP contribution in [0.25, 0.3) is 16.3 Å². The average molecular weight is 224 g/mol. The van der Waals surface area contributed by atoms with Crippen LogP contribution in [-0.2, 0) is 10.2 Å². The maximum absolute atomic E-state index is 11.6. The van der Waals surface area contributed by atoms with Gasteiger partial charge in [-0.2, -0.15) is 0 Å². The molecule has 0 bridgehead atoms. The van der Waals surface area contributed by atoms with E-state index in [1.54, 1.807) is 6.92 Å². The molecular formula is C15H12O2. The second kappa shape index (κ2) is 2.98. The van der Waals surface area contributed by atoms with E-state index in [0.717, 1.165) is 21.9 Å². The Morgan fingerprint density at radius 3 is 2.53 bits per heavy atom. The lowest BCUT2D eigenvalue weighted by Crippen LogP contribution is -2.30. The third-order valence-electron chi connectivity index (χ3n) is 3.80. The van der Waals surface area contributed by atoms with Crippen molar-refractivity contribution in [2.45, 2.75) is 12.3 Å². The first-order valence-corrected chi connectivity index (χ1v) is 5.52. The van der Waals surface area contributed by atoms with Gasteiger partial charge in [-0.1, -0.05) is 43.0 Å². The first-order valence-electron chi connectivity index (χ1n) is 5.52. The Kier molecular flexibility index (Phi) is 1.77. The zero-order chi connectivity index (χ0) is 12.2. The molecular weight excluding hydrogens is 212 g/mol. The van der Waals surface area contributed by atoms with Crippen molar-refractivity contribution < 1.29 is 9.90 Å². The molecule has 0 heterocycles. The second-order valence-corrected chi connectivity index (χ2v) is 4.62. The highest BCUT2D eigenvalue weighted by Gasteiger charge is 2.44. The van der Waals surface area contributed by atoms with Gasteiger partial charge in [0.2, 0.25) is 0 Å². The molecule has 2 nitrogen and oxygen atoms in total. The van der Waals surface area contributed by atoms with Gasteiger partial charge in [-0.05, 0) is 34.4 Å². The van der Waals surface area contributed by atoms with Crippen LogP contribution >= 0.6 is 0 Å². The molecule has 1 aliphatic carbocycles. The van der Waals surface area contributed by atoms with Crippen LogP contribution in [0, 0.1) is 0 Å². The third-order valence-corrected chi connectivity index (χ3v) is 3.80. The van der Waals surface area contributed by atoms with Gasteiger partial charge in [-0.3, -0.25) is 4.79 Å². The lowest BCUT2D eigenvalue weighted by atomic mass is 9.80. The summed E-state index contributed by atoms with van der Waals surface area (Å²) in [6.45, 7) is 5.72. The minimum Gasteiger partial charge on any atom is -0.480 e. The monoisotopic (exact) mass is 224 g/mol. The molecule has 1 N–H and O–H groups in total. The van der Waals surface area contributed by atoms with Crippen LogP contribution in [0.15, 0.2) is 43.0 Å². The van der Waals surface area contributed by atoms with Gasteiger partial charge < -0.3 is 5.11 Å². The highest BCUT2D eigenvalue weighted by molar-refractivity contribution is 6.12. The van der Waals surface area contributed by atoms with Crippen molar-refractivity contribution in [1.82, 2.24) is 0 Å². The van der Waals surface area contributed by atoms with Crippen molar-refractivity contribution >= 4 is 22.3 Å². The molecule has 0 fully saturated rings. The predicted molar refractivity (Wildman–Crippen MR) is 68.0 cm³/mol. The maximum Gasteiger partial charge on any atom is 0.318 e. The van der Waals surface area contributed by atoms with Crippen molar-refractivity contribution in [3.63, 3.8) is 0 Å². The molecule has 1 atom stereocenters. The highest BCUT2D eigenvalue weighted by Crippen LogP contribution is 2.49. The van der Waals surface area contributed by atoms with Crippen molar-refractivity contribution in [2.75, 3.05) is 0 Å². The van der Waals surface area contributed by atoms with E-state index < -0.39 is 11.4 Å². The van der Waals surface area contributed by atoms with Crippen LogP contribution in [-0.4, -0.2) is 11.1 Å². The molecule has 0 saturated heterocycles. The summed E-state index contributed by atoms with van der Waals surface area (Å²) in [6.07, 6.45) is 0. The molecule has 0 aliphatic heterocycles. The first-order chi connectivity index (χ1) is 8.06. The van der Waals surface area contributed by atoms with E-state index in [1.807, 2.05) is 36.4 Å². The number of carbonyl (C=O) groups is 1. The largest absolute Gasteiger partial charge is 0.480 e. The smallest absolute Gasteiger partial charge is 0.318 e. The normalized spacial score (nSPS) is 22.1. The zero-order valence-corrected chi connectivity index (χ0v) is 9.53. The number of carboxylic acids is 1. The van der Waals surface area contributed by atoms with Crippen LogP contribution in [0.3, 0.4) is 0 Å². The third kappa shape index (κ3) is 1.02. The van der Waals surface area contributed by atoms with Crippen LogP contribution in [0.5, 0.6) is 0 Å². The molecule has 0 aromatic heterocycles. The average Bonchev–Trinajstić information content (AvgIpc) is 2.56. The van der Waals surface area contributed by atoms with Gasteiger partial charge in [0.05, 0.1) is 0 Å². The van der Waals surface area contributed by atoms with Crippen molar-refractivity contribution in [3.8, 4) is 0 Å². The van der Waals surface area contributed by atoms with Gasteiger partial charge >= 0.3 is 5.97 Å². The quantitative estimate of drug-likeness (QED) is 0.807. The second-order valence-electron chi connectivity index (χ2n) is 4.62. The van der Waals surface area contributed by atoms with Crippen molar-refractivity contribution in [3.05, 3.63) is 54.1 Å². The van der Waals surface area contributed by atoms with Gasteiger partial charge in [0.15, 0.2) is 0 Å². The molecule has 0 radical (unpaired) electrons. The summed E-state index contributed by atoms with van der Waals surface area (Å²) in [6, 6.07) is 11.7. The standard InChI is InChI=1S/C15H12O2/c1-9-11-7-3-5-10-6-4-8-12(13(10)11)15(9,2)14(16)17/h3-8H,1H2,2H3,(H,16,17). The molecule has 84 valence electrons. The van der Waals surface area contributed by atoms with Gasteiger partial charge in [-0.15, -0.1) is 0 Å². The van der Waals surface area contributed by atoms with Crippen molar-refractivity contribution in [1.29, 1.82) is 0 Å². The Balaban J connectivity index is 2.51. The molecule has 0 saturated carbocycles. The molecule has 0 spiro atoms. The Bertz CT molecular complexity index is 664. The van der Waals surface area contributed by atoms with E-state index in [1.165, 1.54) is 0 Å². The van der Waals surface area contributed by atoms with E-state index in [9.17, 15) is 9.90 Å². The molecule has 1 aliphatic rings.